The smallest absolute Gasteiger partial charge is 0.157 e. The molecular formula is C16H18N2O2. The fourth-order valence-corrected chi connectivity index (χ4v) is 2.95. The molecule has 20 heavy (non-hydrogen) atoms. The van der Waals surface area contributed by atoms with E-state index in [0.29, 0.717) is 11.9 Å². The molecule has 0 amide bonds. The van der Waals surface area contributed by atoms with Crippen LogP contribution in [0.1, 0.15) is 24.8 Å². The normalized spacial score (nSPS) is 16.4. The lowest BCUT2D eigenvalue weighted by atomic mass is 10.0. The van der Waals surface area contributed by atoms with Gasteiger partial charge in [-0.15, -0.1) is 4.91 Å². The maximum Gasteiger partial charge on any atom is 0.157 e. The number of piperidine rings is 1. The second-order valence-corrected chi connectivity index (χ2v) is 5.38. The molecule has 1 N–H and O–H groups in total. The second-order valence-electron chi connectivity index (χ2n) is 5.38. The summed E-state index contributed by atoms with van der Waals surface area (Å²) >= 11 is 0. The Morgan fingerprint density at radius 2 is 1.90 bits per heavy atom. The van der Waals surface area contributed by atoms with Crippen LogP contribution in [0.5, 0.6) is 5.75 Å². The Bertz CT molecular complexity index is 634. The van der Waals surface area contributed by atoms with E-state index in [4.69, 9.17) is 0 Å². The molecule has 1 fully saturated rings. The lowest BCUT2D eigenvalue weighted by molar-refractivity contribution is 0.218. The van der Waals surface area contributed by atoms with Gasteiger partial charge in [0.2, 0.25) is 0 Å². The van der Waals surface area contributed by atoms with Crippen LogP contribution in [0.2, 0.25) is 0 Å². The third-order valence-electron chi connectivity index (χ3n) is 4.01. The van der Waals surface area contributed by atoms with Crippen LogP contribution in [0.3, 0.4) is 0 Å². The first-order valence-electron chi connectivity index (χ1n) is 7.09. The van der Waals surface area contributed by atoms with Gasteiger partial charge in [0, 0.05) is 17.5 Å². The van der Waals surface area contributed by atoms with E-state index < -0.39 is 0 Å². The fourth-order valence-electron chi connectivity index (χ4n) is 2.95. The lowest BCUT2D eigenvalue weighted by Gasteiger charge is -2.26. The van der Waals surface area contributed by atoms with Crippen molar-refractivity contribution in [2.75, 3.05) is 13.1 Å². The molecule has 0 unspecified atom stereocenters. The predicted octanol–water partition coefficient (Wildman–Crippen LogP) is 3.93. The Kier molecular flexibility index (Phi) is 3.65. The largest absolute Gasteiger partial charge is 0.505 e. The van der Waals surface area contributed by atoms with Gasteiger partial charge in [0.25, 0.3) is 0 Å². The van der Waals surface area contributed by atoms with Crippen molar-refractivity contribution in [2.24, 2.45) is 5.18 Å². The van der Waals surface area contributed by atoms with Crippen LogP contribution >= 0.6 is 0 Å². The van der Waals surface area contributed by atoms with Crippen molar-refractivity contribution < 1.29 is 5.11 Å². The third-order valence-corrected chi connectivity index (χ3v) is 4.01. The van der Waals surface area contributed by atoms with Gasteiger partial charge in [-0.2, -0.15) is 0 Å². The number of nitroso groups, excluding NO2 is 1. The molecule has 4 heteroatoms. The van der Waals surface area contributed by atoms with Crippen LogP contribution in [0, 0.1) is 4.91 Å². The minimum absolute atomic E-state index is 0.0317. The average Bonchev–Trinajstić information content (AvgIpc) is 2.49. The lowest BCUT2D eigenvalue weighted by Crippen LogP contribution is -2.29. The summed E-state index contributed by atoms with van der Waals surface area (Å²) in [5, 5.41) is 15.0. The van der Waals surface area contributed by atoms with E-state index in [1.165, 1.54) is 19.3 Å². The zero-order chi connectivity index (χ0) is 13.9. The maximum absolute atomic E-state index is 11.1. The van der Waals surface area contributed by atoms with Crippen LogP contribution in [-0.4, -0.2) is 23.1 Å². The van der Waals surface area contributed by atoms with E-state index in [1.54, 1.807) is 0 Å². The molecule has 0 atom stereocenters. The van der Waals surface area contributed by atoms with Crippen molar-refractivity contribution in [1.29, 1.82) is 0 Å². The standard InChI is InChI=1S/C16H18N2O2/c19-16-13(11-18-8-4-1-5-9-18)10-12-6-2-3-7-14(12)15(16)17-20/h2-3,6-7,10,19H,1,4-5,8-9,11H2. The van der Waals surface area contributed by atoms with Gasteiger partial charge in [-0.1, -0.05) is 30.7 Å². The minimum atomic E-state index is 0.0317. The summed E-state index contributed by atoms with van der Waals surface area (Å²) in [6.45, 7) is 2.78. The number of phenolic OH excluding ortho intramolecular Hbond substituents is 1. The summed E-state index contributed by atoms with van der Waals surface area (Å²) in [7, 11) is 0. The first-order chi connectivity index (χ1) is 9.79. The highest BCUT2D eigenvalue weighted by molar-refractivity contribution is 5.96. The summed E-state index contributed by atoms with van der Waals surface area (Å²) < 4.78 is 0. The molecule has 0 bridgehead atoms. The summed E-state index contributed by atoms with van der Waals surface area (Å²) in [4.78, 5) is 13.4. The molecule has 1 saturated heterocycles. The number of phenols is 1. The molecule has 1 heterocycles. The van der Waals surface area contributed by atoms with Crippen LogP contribution in [0.4, 0.5) is 5.69 Å². The number of rotatable bonds is 3. The molecule has 104 valence electrons. The molecule has 0 saturated carbocycles. The Balaban J connectivity index is 2.01. The van der Waals surface area contributed by atoms with Gasteiger partial charge in [-0.25, -0.2) is 0 Å². The zero-order valence-corrected chi connectivity index (χ0v) is 11.4. The second kappa shape index (κ2) is 5.59. The summed E-state index contributed by atoms with van der Waals surface area (Å²) in [6.07, 6.45) is 3.68. The van der Waals surface area contributed by atoms with Crippen LogP contribution < -0.4 is 0 Å². The first kappa shape index (κ1) is 13.1. The highest BCUT2D eigenvalue weighted by Crippen LogP contribution is 2.38. The van der Waals surface area contributed by atoms with Gasteiger partial charge in [0.1, 0.15) is 5.75 Å². The molecule has 4 nitrogen and oxygen atoms in total. The molecule has 0 spiro atoms. The van der Waals surface area contributed by atoms with Gasteiger partial charge in [-0.05, 0) is 42.6 Å². The quantitative estimate of drug-likeness (QED) is 0.860. The predicted molar refractivity (Wildman–Crippen MR) is 80.2 cm³/mol. The Hall–Kier alpha value is -1.94. The summed E-state index contributed by atoms with van der Waals surface area (Å²) in [5.41, 5.74) is 0.954. The molecule has 1 aliphatic rings. The van der Waals surface area contributed by atoms with Crippen molar-refractivity contribution >= 4 is 16.5 Å². The van der Waals surface area contributed by atoms with Crippen LogP contribution in [-0.2, 0) is 6.54 Å². The van der Waals surface area contributed by atoms with E-state index >= 15 is 0 Å². The van der Waals surface area contributed by atoms with E-state index in [0.717, 1.165) is 24.0 Å². The molecule has 2 aromatic rings. The number of fused-ring (bicyclic) bond motifs is 1. The van der Waals surface area contributed by atoms with Crippen molar-refractivity contribution in [3.63, 3.8) is 0 Å². The molecule has 2 aromatic carbocycles. The minimum Gasteiger partial charge on any atom is -0.505 e. The molecule has 0 aromatic heterocycles. The van der Waals surface area contributed by atoms with E-state index in [1.807, 2.05) is 30.3 Å². The van der Waals surface area contributed by atoms with Crippen LogP contribution in [0.15, 0.2) is 35.5 Å². The Morgan fingerprint density at radius 3 is 2.65 bits per heavy atom. The highest BCUT2D eigenvalue weighted by Gasteiger charge is 2.17. The SMILES string of the molecule is O=Nc1c(O)c(CN2CCCCC2)cc2ccccc12. The van der Waals surface area contributed by atoms with E-state index in [-0.39, 0.29) is 11.4 Å². The Morgan fingerprint density at radius 1 is 1.15 bits per heavy atom. The number of benzene rings is 2. The van der Waals surface area contributed by atoms with Gasteiger partial charge >= 0.3 is 0 Å². The summed E-state index contributed by atoms with van der Waals surface area (Å²) in [6, 6.07) is 9.51. The van der Waals surface area contributed by atoms with Gasteiger partial charge in [-0.3, -0.25) is 4.90 Å². The van der Waals surface area contributed by atoms with Gasteiger partial charge in [0.15, 0.2) is 5.69 Å². The van der Waals surface area contributed by atoms with Crippen molar-refractivity contribution in [3.05, 3.63) is 40.8 Å². The average molecular weight is 270 g/mol. The van der Waals surface area contributed by atoms with Gasteiger partial charge in [0.05, 0.1) is 0 Å². The van der Waals surface area contributed by atoms with E-state index in [2.05, 4.69) is 10.1 Å². The van der Waals surface area contributed by atoms with E-state index in [9.17, 15) is 10.0 Å². The maximum atomic E-state index is 11.1. The van der Waals surface area contributed by atoms with Crippen molar-refractivity contribution in [1.82, 2.24) is 4.90 Å². The van der Waals surface area contributed by atoms with Crippen molar-refractivity contribution in [2.45, 2.75) is 25.8 Å². The van der Waals surface area contributed by atoms with Crippen molar-refractivity contribution in [3.8, 4) is 5.75 Å². The zero-order valence-electron chi connectivity index (χ0n) is 11.4. The number of nitrogens with zero attached hydrogens (tertiary/aromatic N) is 2. The summed E-state index contributed by atoms with van der Waals surface area (Å²) in [5.74, 6) is 0.0317. The third kappa shape index (κ3) is 2.39. The first-order valence-corrected chi connectivity index (χ1v) is 7.09. The number of hydrogen-bond donors (Lipinski definition) is 1. The Labute approximate surface area is 118 Å². The monoisotopic (exact) mass is 270 g/mol. The molecule has 0 aliphatic carbocycles. The van der Waals surface area contributed by atoms with Crippen LogP contribution in [0.25, 0.3) is 10.8 Å². The topological polar surface area (TPSA) is 52.9 Å². The highest BCUT2D eigenvalue weighted by atomic mass is 16.3. The molecule has 3 rings (SSSR count). The fraction of sp³-hybridized carbons (Fsp3) is 0.375. The number of hydrogen-bond acceptors (Lipinski definition) is 4. The number of aromatic hydroxyl groups is 1. The molecule has 1 aliphatic heterocycles. The number of likely N-dealkylation sites (tertiary alicyclic amines) is 1. The molecule has 0 radical (unpaired) electrons. The molecular weight excluding hydrogens is 252 g/mol. The van der Waals surface area contributed by atoms with Gasteiger partial charge < -0.3 is 5.11 Å².